The quantitative estimate of drug-likeness (QED) is 0.532. The molecule has 2 saturated heterocycles. The number of nitrogens with zero attached hydrogens (tertiary/aromatic N) is 2. The van der Waals surface area contributed by atoms with Crippen molar-refractivity contribution in [3.8, 4) is 5.75 Å². The van der Waals surface area contributed by atoms with Crippen LogP contribution >= 0.6 is 0 Å². The zero-order chi connectivity index (χ0) is 25.3. The first-order valence-corrected chi connectivity index (χ1v) is 12.2. The number of nitrogens with one attached hydrogen (secondary N) is 1. The molecule has 190 valence electrons. The van der Waals surface area contributed by atoms with Crippen LogP contribution in [0, 0.1) is 13.8 Å². The first-order chi connectivity index (χ1) is 16.6. The number of benzene rings is 2. The van der Waals surface area contributed by atoms with Gasteiger partial charge in [0.2, 0.25) is 0 Å². The van der Waals surface area contributed by atoms with E-state index in [9.17, 15) is 18.0 Å². The normalized spacial score (nSPS) is 20.9. The Morgan fingerprint density at radius 1 is 1.09 bits per heavy atom. The highest BCUT2D eigenvalue weighted by molar-refractivity contribution is 5.94. The van der Waals surface area contributed by atoms with Gasteiger partial charge in [0.1, 0.15) is 5.75 Å². The Morgan fingerprint density at radius 3 is 2.40 bits per heavy atom. The fourth-order valence-electron chi connectivity index (χ4n) is 5.42. The second-order valence-electron chi connectivity index (χ2n) is 9.66. The number of halogens is 3. The van der Waals surface area contributed by atoms with Crippen LogP contribution in [0.1, 0.15) is 58.4 Å². The van der Waals surface area contributed by atoms with E-state index >= 15 is 0 Å². The molecule has 2 aromatic rings. The third kappa shape index (κ3) is 5.19. The van der Waals surface area contributed by atoms with Crippen molar-refractivity contribution >= 4 is 5.91 Å². The average Bonchev–Trinajstić information content (AvgIpc) is 3.44. The number of rotatable bonds is 8. The Hall–Kier alpha value is -2.58. The van der Waals surface area contributed by atoms with Gasteiger partial charge in [0.05, 0.1) is 12.2 Å². The zero-order valence-electron chi connectivity index (χ0n) is 20.8. The van der Waals surface area contributed by atoms with E-state index in [4.69, 9.17) is 4.74 Å². The van der Waals surface area contributed by atoms with Crippen LogP contribution in [0.4, 0.5) is 13.2 Å². The zero-order valence-corrected chi connectivity index (χ0v) is 20.8. The number of hydrogen-bond donors (Lipinski definition) is 1. The molecule has 8 heteroatoms. The van der Waals surface area contributed by atoms with Crippen LogP contribution in [0.5, 0.6) is 5.75 Å². The molecule has 0 aliphatic carbocycles. The standard InChI is InChI=1S/C27H34F3N3O2/c1-17-18(2)25(35-13-5-12-31-4)11-10-24(17)19(3)32-15-23-14-22(32)16-33(23)26(34)20-6-8-21(9-7-20)27(28,29)30/h6-11,19,22-23,31H,5,12-16H2,1-4H3/t19-,22+,23+/m0/s1. The van der Waals surface area contributed by atoms with Gasteiger partial charge in [-0.1, -0.05) is 6.07 Å². The fraction of sp³-hybridized carbons (Fsp3) is 0.519. The summed E-state index contributed by atoms with van der Waals surface area (Å²) in [6.45, 7) is 9.39. The Kier molecular flexibility index (Phi) is 7.43. The molecular weight excluding hydrogens is 455 g/mol. The maximum atomic E-state index is 13.0. The second-order valence-corrected chi connectivity index (χ2v) is 9.66. The Labute approximate surface area is 205 Å². The van der Waals surface area contributed by atoms with Gasteiger partial charge in [-0.25, -0.2) is 0 Å². The monoisotopic (exact) mass is 489 g/mol. The number of carbonyl (C=O) groups excluding carboxylic acids is 1. The molecule has 0 radical (unpaired) electrons. The molecule has 0 saturated carbocycles. The predicted octanol–water partition coefficient (Wildman–Crippen LogP) is 4.97. The molecule has 0 spiro atoms. The van der Waals surface area contributed by atoms with E-state index in [0.29, 0.717) is 18.7 Å². The average molecular weight is 490 g/mol. The van der Waals surface area contributed by atoms with Crippen molar-refractivity contribution in [1.29, 1.82) is 0 Å². The number of fused-ring (bicyclic) bond motifs is 2. The summed E-state index contributed by atoms with van der Waals surface area (Å²) in [6, 6.07) is 9.26. The number of piperazine rings is 1. The molecule has 35 heavy (non-hydrogen) atoms. The number of hydrogen-bond acceptors (Lipinski definition) is 4. The lowest BCUT2D eigenvalue weighted by Crippen LogP contribution is -2.49. The second kappa shape index (κ2) is 10.2. The number of amides is 1. The lowest BCUT2D eigenvalue weighted by Gasteiger charge is -2.38. The van der Waals surface area contributed by atoms with E-state index in [1.807, 2.05) is 11.9 Å². The van der Waals surface area contributed by atoms with Crippen molar-refractivity contribution in [2.24, 2.45) is 0 Å². The summed E-state index contributed by atoms with van der Waals surface area (Å²) in [4.78, 5) is 17.3. The van der Waals surface area contributed by atoms with Gasteiger partial charge in [0.15, 0.2) is 0 Å². The van der Waals surface area contributed by atoms with Crippen LogP contribution < -0.4 is 10.1 Å². The number of likely N-dealkylation sites (tertiary alicyclic amines) is 2. The third-order valence-corrected chi connectivity index (χ3v) is 7.56. The number of carbonyl (C=O) groups is 1. The third-order valence-electron chi connectivity index (χ3n) is 7.56. The summed E-state index contributed by atoms with van der Waals surface area (Å²) in [6.07, 6.45) is -2.56. The van der Waals surface area contributed by atoms with Crippen LogP contribution in [0.3, 0.4) is 0 Å². The minimum atomic E-state index is -4.40. The molecule has 4 rings (SSSR count). The minimum absolute atomic E-state index is 0.0772. The summed E-state index contributed by atoms with van der Waals surface area (Å²) < 4.78 is 44.5. The minimum Gasteiger partial charge on any atom is -0.493 e. The highest BCUT2D eigenvalue weighted by Crippen LogP contribution is 2.39. The first kappa shape index (κ1) is 25.5. The van der Waals surface area contributed by atoms with E-state index in [1.165, 1.54) is 23.3 Å². The number of ether oxygens (including phenoxy) is 1. The molecule has 2 fully saturated rings. The van der Waals surface area contributed by atoms with Crippen molar-refractivity contribution < 1.29 is 22.7 Å². The molecular formula is C27H34F3N3O2. The molecule has 3 atom stereocenters. The smallest absolute Gasteiger partial charge is 0.416 e. The fourth-order valence-corrected chi connectivity index (χ4v) is 5.42. The SMILES string of the molecule is CNCCCOc1ccc([C@H](C)N2C[C@H]3C[C@@H]2CN3C(=O)c2ccc(C(F)(F)F)cc2)c(C)c1C. The molecule has 2 aliphatic rings. The van der Waals surface area contributed by atoms with Crippen LogP contribution in [0.2, 0.25) is 0 Å². The molecule has 1 N–H and O–H groups in total. The van der Waals surface area contributed by atoms with Gasteiger partial charge < -0.3 is 15.0 Å². The van der Waals surface area contributed by atoms with E-state index in [2.05, 4.69) is 43.1 Å². The molecule has 0 unspecified atom stereocenters. The van der Waals surface area contributed by atoms with Crippen molar-refractivity contribution in [1.82, 2.24) is 15.1 Å². The maximum absolute atomic E-state index is 13.0. The van der Waals surface area contributed by atoms with Crippen molar-refractivity contribution in [3.63, 3.8) is 0 Å². The van der Waals surface area contributed by atoms with Gasteiger partial charge >= 0.3 is 6.18 Å². The van der Waals surface area contributed by atoms with Crippen molar-refractivity contribution in [2.75, 3.05) is 33.3 Å². The Balaban J connectivity index is 1.40. The molecule has 5 nitrogen and oxygen atoms in total. The highest BCUT2D eigenvalue weighted by atomic mass is 19.4. The van der Waals surface area contributed by atoms with Crippen molar-refractivity contribution in [2.45, 2.75) is 57.9 Å². The first-order valence-electron chi connectivity index (χ1n) is 12.2. The van der Waals surface area contributed by atoms with Gasteiger partial charge in [0.25, 0.3) is 5.91 Å². The van der Waals surface area contributed by atoms with E-state index in [-0.39, 0.29) is 24.0 Å². The van der Waals surface area contributed by atoms with Gasteiger partial charge in [0, 0.05) is 36.8 Å². The largest absolute Gasteiger partial charge is 0.493 e. The van der Waals surface area contributed by atoms with E-state index < -0.39 is 11.7 Å². The lowest BCUT2D eigenvalue weighted by atomic mass is 9.96. The van der Waals surface area contributed by atoms with Gasteiger partial charge in [-0.2, -0.15) is 13.2 Å². The van der Waals surface area contributed by atoms with E-state index in [0.717, 1.165) is 49.4 Å². The molecule has 0 aromatic heterocycles. The summed E-state index contributed by atoms with van der Waals surface area (Å²) in [5, 5.41) is 3.12. The molecule has 2 aliphatic heterocycles. The highest BCUT2D eigenvalue weighted by Gasteiger charge is 2.47. The number of alkyl halides is 3. The van der Waals surface area contributed by atoms with Gasteiger partial charge in [-0.15, -0.1) is 0 Å². The van der Waals surface area contributed by atoms with Crippen LogP contribution in [0.25, 0.3) is 0 Å². The van der Waals surface area contributed by atoms with Crippen LogP contribution in [0.15, 0.2) is 36.4 Å². The summed E-state index contributed by atoms with van der Waals surface area (Å²) in [5.41, 5.74) is 3.21. The molecule has 2 heterocycles. The maximum Gasteiger partial charge on any atom is 0.416 e. The Morgan fingerprint density at radius 2 is 1.80 bits per heavy atom. The van der Waals surface area contributed by atoms with Crippen molar-refractivity contribution in [3.05, 3.63) is 64.2 Å². The molecule has 2 aromatic carbocycles. The van der Waals surface area contributed by atoms with Gasteiger partial charge in [-0.3, -0.25) is 9.69 Å². The predicted molar refractivity (Wildman–Crippen MR) is 130 cm³/mol. The van der Waals surface area contributed by atoms with Crippen LogP contribution in [-0.2, 0) is 6.18 Å². The van der Waals surface area contributed by atoms with Crippen LogP contribution in [-0.4, -0.2) is 61.1 Å². The molecule has 1 amide bonds. The summed E-state index contributed by atoms with van der Waals surface area (Å²) in [7, 11) is 1.93. The van der Waals surface area contributed by atoms with Gasteiger partial charge in [-0.05, 0) is 94.2 Å². The summed E-state index contributed by atoms with van der Waals surface area (Å²) in [5.74, 6) is 0.733. The molecule has 2 bridgehead atoms. The Bertz CT molecular complexity index is 1050. The topological polar surface area (TPSA) is 44.8 Å². The summed E-state index contributed by atoms with van der Waals surface area (Å²) >= 11 is 0. The lowest BCUT2D eigenvalue weighted by molar-refractivity contribution is -0.137. The van der Waals surface area contributed by atoms with E-state index in [1.54, 1.807) is 0 Å².